The molecule has 0 saturated carbocycles. The molecule has 0 nitrogen and oxygen atoms in total. The Balaban J connectivity index is 1.53. The lowest BCUT2D eigenvalue weighted by Crippen LogP contribution is -1.94. The fraction of sp³-hybridized carbons (Fsp3) is 0. The van der Waals surface area contributed by atoms with Gasteiger partial charge < -0.3 is 0 Å². The fourth-order valence-corrected chi connectivity index (χ4v) is 7.27. The van der Waals surface area contributed by atoms with E-state index in [1.54, 1.807) is 0 Å². The van der Waals surface area contributed by atoms with E-state index in [9.17, 15) is 0 Å². The van der Waals surface area contributed by atoms with Crippen molar-refractivity contribution in [2.45, 2.75) is 0 Å². The maximum absolute atomic E-state index is 2.41. The van der Waals surface area contributed by atoms with Gasteiger partial charge in [-0.3, -0.25) is 0 Å². The Morgan fingerprint density at radius 2 is 0.773 bits per heavy atom. The van der Waals surface area contributed by atoms with Crippen LogP contribution in [0.3, 0.4) is 0 Å². The van der Waals surface area contributed by atoms with Gasteiger partial charge in [-0.05, 0) is 99.4 Å². The Labute approximate surface area is 256 Å². The van der Waals surface area contributed by atoms with Crippen molar-refractivity contribution in [1.82, 2.24) is 0 Å². The molecule has 0 radical (unpaired) electrons. The van der Waals surface area contributed by atoms with Gasteiger partial charge in [0.25, 0.3) is 0 Å². The number of hydrogen-bond acceptors (Lipinski definition) is 0. The largest absolute Gasteiger partial charge is 0.0622 e. The van der Waals surface area contributed by atoms with Crippen LogP contribution in [0.1, 0.15) is 0 Å². The predicted octanol–water partition coefficient (Wildman–Crippen LogP) is 12.5. The Morgan fingerprint density at radius 3 is 1.50 bits per heavy atom. The topological polar surface area (TPSA) is 0 Å². The zero-order valence-electron chi connectivity index (χ0n) is 24.2. The number of rotatable bonds is 3. The third-order valence-corrected chi connectivity index (χ3v) is 9.21. The van der Waals surface area contributed by atoms with Crippen LogP contribution in [-0.2, 0) is 0 Å². The van der Waals surface area contributed by atoms with Crippen LogP contribution in [0.4, 0.5) is 0 Å². The number of hydrogen-bond donors (Lipinski definition) is 0. The first-order valence-corrected chi connectivity index (χ1v) is 15.3. The van der Waals surface area contributed by atoms with Crippen LogP contribution in [0.5, 0.6) is 0 Å². The van der Waals surface area contributed by atoms with Gasteiger partial charge in [0, 0.05) is 0 Å². The average molecular weight is 557 g/mol. The van der Waals surface area contributed by atoms with Crippen LogP contribution in [0.15, 0.2) is 170 Å². The van der Waals surface area contributed by atoms with Gasteiger partial charge in [0.15, 0.2) is 0 Å². The molecule has 0 spiro atoms. The highest BCUT2D eigenvalue weighted by Crippen LogP contribution is 2.49. The molecule has 0 amide bonds. The van der Waals surface area contributed by atoms with Crippen molar-refractivity contribution in [1.29, 1.82) is 0 Å². The van der Waals surface area contributed by atoms with Gasteiger partial charge in [-0.25, -0.2) is 0 Å². The quantitative estimate of drug-likeness (QED) is 0.150. The second-order valence-electron chi connectivity index (χ2n) is 11.6. The second-order valence-corrected chi connectivity index (χ2v) is 11.6. The summed E-state index contributed by atoms with van der Waals surface area (Å²) >= 11 is 0. The molecule has 0 N–H and O–H groups in total. The molecule has 0 aromatic heterocycles. The van der Waals surface area contributed by atoms with Crippen molar-refractivity contribution >= 4 is 53.9 Å². The average Bonchev–Trinajstić information content (AvgIpc) is 3.10. The molecule has 0 aliphatic carbocycles. The smallest absolute Gasteiger partial charge is 0.00139 e. The van der Waals surface area contributed by atoms with Crippen molar-refractivity contribution in [2.75, 3.05) is 0 Å². The highest BCUT2D eigenvalue weighted by atomic mass is 14.2. The first kappa shape index (κ1) is 24.8. The Kier molecular flexibility index (Phi) is 5.61. The van der Waals surface area contributed by atoms with E-state index < -0.39 is 0 Å². The molecule has 44 heavy (non-hydrogen) atoms. The standard InChI is InChI=1S/C44H28/c1-2-13-30(14-3-1)40-27-32-17-4-5-18-33(32)28-41(40)42-37-22-10-11-23-38(37)44(36-24-12-19-29-15-6-8-20-34(29)36)43-35-21-9-7-16-31(35)25-26-39(42)43/h1-28H. The van der Waals surface area contributed by atoms with Crippen LogP contribution in [0.25, 0.3) is 87.2 Å². The van der Waals surface area contributed by atoms with Gasteiger partial charge in [0.1, 0.15) is 0 Å². The minimum absolute atomic E-state index is 1.23. The van der Waals surface area contributed by atoms with Gasteiger partial charge in [-0.2, -0.15) is 0 Å². The van der Waals surface area contributed by atoms with Crippen molar-refractivity contribution in [2.24, 2.45) is 0 Å². The van der Waals surface area contributed by atoms with E-state index in [1.807, 2.05) is 0 Å². The SMILES string of the molecule is c1ccc(-c2cc3ccccc3cc2-c2c3ccccc3c(-c3cccc4ccccc34)c3c2ccc2ccccc23)cc1. The summed E-state index contributed by atoms with van der Waals surface area (Å²) < 4.78 is 0. The molecule has 9 rings (SSSR count). The molecule has 0 heteroatoms. The maximum Gasteiger partial charge on any atom is -0.00139 e. The molecule has 9 aromatic carbocycles. The summed E-state index contributed by atoms with van der Waals surface area (Å²) in [6.45, 7) is 0. The van der Waals surface area contributed by atoms with Gasteiger partial charge in [-0.15, -0.1) is 0 Å². The van der Waals surface area contributed by atoms with E-state index in [-0.39, 0.29) is 0 Å². The third kappa shape index (κ3) is 3.78. The molecule has 0 atom stereocenters. The Hall–Kier alpha value is -5.72. The minimum Gasteiger partial charge on any atom is -0.0622 e. The van der Waals surface area contributed by atoms with Crippen LogP contribution >= 0.6 is 0 Å². The lowest BCUT2D eigenvalue weighted by Gasteiger charge is -2.22. The number of benzene rings is 9. The van der Waals surface area contributed by atoms with Crippen LogP contribution in [-0.4, -0.2) is 0 Å². The fourth-order valence-electron chi connectivity index (χ4n) is 7.27. The van der Waals surface area contributed by atoms with E-state index in [0.29, 0.717) is 0 Å². The molecule has 0 bridgehead atoms. The maximum atomic E-state index is 2.41. The number of fused-ring (bicyclic) bond motifs is 6. The molecule has 0 heterocycles. The summed E-state index contributed by atoms with van der Waals surface area (Å²) in [6, 6.07) is 62.4. The molecular formula is C44H28. The van der Waals surface area contributed by atoms with E-state index in [2.05, 4.69) is 170 Å². The summed E-state index contributed by atoms with van der Waals surface area (Å²) in [7, 11) is 0. The zero-order valence-corrected chi connectivity index (χ0v) is 24.2. The van der Waals surface area contributed by atoms with Gasteiger partial charge in [0.2, 0.25) is 0 Å². The molecule has 9 aromatic rings. The molecule has 0 saturated heterocycles. The molecule has 204 valence electrons. The van der Waals surface area contributed by atoms with Crippen LogP contribution in [0, 0.1) is 0 Å². The van der Waals surface area contributed by atoms with Gasteiger partial charge in [-0.1, -0.05) is 158 Å². The van der Waals surface area contributed by atoms with Crippen molar-refractivity contribution in [3.8, 4) is 33.4 Å². The van der Waals surface area contributed by atoms with Crippen LogP contribution < -0.4 is 0 Å². The van der Waals surface area contributed by atoms with E-state index in [1.165, 1.54) is 87.2 Å². The summed E-state index contributed by atoms with van der Waals surface area (Å²) in [6.07, 6.45) is 0. The normalized spacial score (nSPS) is 11.6. The highest BCUT2D eigenvalue weighted by molar-refractivity contribution is 6.30. The van der Waals surface area contributed by atoms with Gasteiger partial charge >= 0.3 is 0 Å². The predicted molar refractivity (Wildman–Crippen MR) is 190 cm³/mol. The summed E-state index contributed by atoms with van der Waals surface area (Å²) in [5.74, 6) is 0. The van der Waals surface area contributed by atoms with E-state index in [4.69, 9.17) is 0 Å². The molecule has 0 fully saturated rings. The summed E-state index contributed by atoms with van der Waals surface area (Å²) in [4.78, 5) is 0. The summed E-state index contributed by atoms with van der Waals surface area (Å²) in [5.41, 5.74) is 7.60. The van der Waals surface area contributed by atoms with E-state index in [0.717, 1.165) is 0 Å². The first-order valence-electron chi connectivity index (χ1n) is 15.3. The van der Waals surface area contributed by atoms with Crippen molar-refractivity contribution in [3.05, 3.63) is 170 Å². The van der Waals surface area contributed by atoms with Crippen LogP contribution in [0.2, 0.25) is 0 Å². The first-order chi connectivity index (χ1) is 21.8. The Morgan fingerprint density at radius 1 is 0.250 bits per heavy atom. The molecule has 0 unspecified atom stereocenters. The molecule has 0 aliphatic rings. The van der Waals surface area contributed by atoms with E-state index >= 15 is 0 Å². The second kappa shape index (κ2) is 9.93. The summed E-state index contributed by atoms with van der Waals surface area (Å²) in [5, 5.41) is 12.7. The zero-order chi connectivity index (χ0) is 29.0. The van der Waals surface area contributed by atoms with Crippen molar-refractivity contribution in [3.63, 3.8) is 0 Å². The third-order valence-electron chi connectivity index (χ3n) is 9.21. The highest BCUT2D eigenvalue weighted by Gasteiger charge is 2.22. The minimum atomic E-state index is 1.23. The lowest BCUT2D eigenvalue weighted by atomic mass is 9.81. The molecular weight excluding hydrogens is 528 g/mol. The molecule has 0 aliphatic heterocycles. The van der Waals surface area contributed by atoms with Crippen molar-refractivity contribution < 1.29 is 0 Å². The van der Waals surface area contributed by atoms with Gasteiger partial charge in [0.05, 0.1) is 0 Å². The Bertz CT molecular complexity index is 2530. The lowest BCUT2D eigenvalue weighted by molar-refractivity contribution is 1.63. The monoisotopic (exact) mass is 556 g/mol.